The quantitative estimate of drug-likeness (QED) is 0.0137. The van der Waals surface area contributed by atoms with Gasteiger partial charge in [0.25, 0.3) is 0 Å². The fraction of sp³-hybridized carbons (Fsp3) is 0.932. The van der Waals surface area contributed by atoms with Gasteiger partial charge in [-0.1, -0.05) is 128 Å². The number of aliphatic hydroxyl groups excluding tert-OH is 3. The van der Waals surface area contributed by atoms with Crippen LogP contribution in [0.3, 0.4) is 0 Å². The maximum atomic E-state index is 12.8. The standard InChI is InChI=1S/C44H88N4O5/c1-3-5-7-9-13-19-25-41(26-20-14-10-8-6-4-2)53-44(52)27-21-15-11-16-22-32-47(33-23-17-12-18-24-36-49)34-31-40(45)38-48(46)35-30-39-28-29-42(50)43(51)37-39/h37,40-43,49-51H,3-36,38,45-46H2,1-2H3. The van der Waals surface area contributed by atoms with Gasteiger partial charge in [0.15, 0.2) is 0 Å². The summed E-state index contributed by atoms with van der Waals surface area (Å²) in [6, 6.07) is -0.00394. The minimum atomic E-state index is -0.770. The Morgan fingerprint density at radius 2 is 1.26 bits per heavy atom. The van der Waals surface area contributed by atoms with Crippen molar-refractivity contribution in [3.8, 4) is 0 Å². The van der Waals surface area contributed by atoms with Crippen LogP contribution in [0, 0.1) is 0 Å². The molecule has 0 radical (unpaired) electrons. The third-order valence-corrected chi connectivity index (χ3v) is 11.1. The van der Waals surface area contributed by atoms with Crippen molar-refractivity contribution in [3.63, 3.8) is 0 Å². The van der Waals surface area contributed by atoms with Gasteiger partial charge in [0.05, 0.1) is 12.2 Å². The summed E-state index contributed by atoms with van der Waals surface area (Å²) in [5.74, 6) is 6.32. The molecule has 0 saturated heterocycles. The SMILES string of the molecule is CCCCCCCCC(CCCCCCCC)OC(=O)CCCCCCCN(CCCCCCCO)CCC(N)CN(N)CCC1=CC(O)C(O)CC1. The molecule has 314 valence electrons. The number of hydrogen-bond acceptors (Lipinski definition) is 9. The van der Waals surface area contributed by atoms with E-state index in [0.29, 0.717) is 25.9 Å². The molecular formula is C44H88N4O5. The van der Waals surface area contributed by atoms with Gasteiger partial charge in [0, 0.05) is 32.2 Å². The summed E-state index contributed by atoms with van der Waals surface area (Å²) >= 11 is 0. The van der Waals surface area contributed by atoms with Crippen LogP contribution in [0.15, 0.2) is 11.6 Å². The molecule has 0 aromatic rings. The molecule has 1 rings (SSSR count). The molecule has 0 heterocycles. The van der Waals surface area contributed by atoms with Crippen molar-refractivity contribution in [2.45, 2.75) is 224 Å². The maximum Gasteiger partial charge on any atom is 0.306 e. The molecule has 7 N–H and O–H groups in total. The smallest absolute Gasteiger partial charge is 0.306 e. The molecule has 0 saturated carbocycles. The van der Waals surface area contributed by atoms with E-state index in [1.807, 2.05) is 0 Å². The first-order valence-corrected chi connectivity index (χ1v) is 22.6. The molecule has 3 atom stereocenters. The highest BCUT2D eigenvalue weighted by molar-refractivity contribution is 5.69. The second kappa shape index (κ2) is 35.4. The Morgan fingerprint density at radius 3 is 1.83 bits per heavy atom. The lowest BCUT2D eigenvalue weighted by atomic mass is 9.93. The van der Waals surface area contributed by atoms with Crippen LogP contribution in [0.4, 0.5) is 0 Å². The molecule has 0 fully saturated rings. The first kappa shape index (κ1) is 49.9. The number of nitrogens with two attached hydrogens (primary N) is 2. The lowest BCUT2D eigenvalue weighted by Crippen LogP contribution is -2.44. The van der Waals surface area contributed by atoms with Crippen molar-refractivity contribution < 1.29 is 24.9 Å². The van der Waals surface area contributed by atoms with E-state index in [9.17, 15) is 15.0 Å². The van der Waals surface area contributed by atoms with Crippen molar-refractivity contribution in [1.82, 2.24) is 9.91 Å². The monoisotopic (exact) mass is 753 g/mol. The molecule has 0 aromatic carbocycles. The number of aliphatic hydroxyl groups is 3. The Balaban J connectivity index is 2.37. The highest BCUT2D eigenvalue weighted by Crippen LogP contribution is 2.22. The average Bonchev–Trinajstić information content (AvgIpc) is 3.14. The topological polar surface area (TPSA) is 146 Å². The van der Waals surface area contributed by atoms with Crippen molar-refractivity contribution in [3.05, 3.63) is 11.6 Å². The van der Waals surface area contributed by atoms with E-state index < -0.39 is 12.2 Å². The Labute approximate surface area is 327 Å². The van der Waals surface area contributed by atoms with Gasteiger partial charge in [-0.3, -0.25) is 10.6 Å². The van der Waals surface area contributed by atoms with E-state index in [1.54, 1.807) is 11.1 Å². The van der Waals surface area contributed by atoms with Crippen LogP contribution in [0.1, 0.15) is 200 Å². The number of hydrazine groups is 1. The molecular weight excluding hydrogens is 665 g/mol. The van der Waals surface area contributed by atoms with Crippen molar-refractivity contribution >= 4 is 5.97 Å². The summed E-state index contributed by atoms with van der Waals surface area (Å²) in [7, 11) is 0. The lowest BCUT2D eigenvalue weighted by molar-refractivity contribution is -0.150. The molecule has 9 heteroatoms. The summed E-state index contributed by atoms with van der Waals surface area (Å²) in [4.78, 5) is 15.4. The van der Waals surface area contributed by atoms with Gasteiger partial charge in [-0.15, -0.1) is 0 Å². The van der Waals surface area contributed by atoms with E-state index in [2.05, 4.69) is 18.7 Å². The summed E-state index contributed by atoms with van der Waals surface area (Å²) in [5.41, 5.74) is 7.70. The fourth-order valence-electron chi connectivity index (χ4n) is 7.53. The van der Waals surface area contributed by atoms with Crippen LogP contribution >= 0.6 is 0 Å². The van der Waals surface area contributed by atoms with Crippen molar-refractivity contribution in [2.24, 2.45) is 11.6 Å². The number of ether oxygens (including phenoxy) is 1. The second-order valence-corrected chi connectivity index (χ2v) is 16.3. The zero-order chi connectivity index (χ0) is 38.8. The molecule has 0 aliphatic heterocycles. The highest BCUT2D eigenvalue weighted by Gasteiger charge is 2.21. The molecule has 3 unspecified atom stereocenters. The van der Waals surface area contributed by atoms with Crippen LogP contribution < -0.4 is 11.6 Å². The number of hydrogen-bond donors (Lipinski definition) is 5. The minimum absolute atomic E-state index is 0.00394. The summed E-state index contributed by atoms with van der Waals surface area (Å²) in [6.07, 6.45) is 32.4. The summed E-state index contributed by atoms with van der Waals surface area (Å²) < 4.78 is 6.05. The van der Waals surface area contributed by atoms with E-state index in [0.717, 1.165) is 95.8 Å². The van der Waals surface area contributed by atoms with Gasteiger partial charge in [-0.25, -0.2) is 5.01 Å². The third kappa shape index (κ3) is 29.8. The average molecular weight is 753 g/mol. The van der Waals surface area contributed by atoms with E-state index in [-0.39, 0.29) is 24.7 Å². The highest BCUT2D eigenvalue weighted by atomic mass is 16.5. The Kier molecular flexibility index (Phi) is 33.3. The van der Waals surface area contributed by atoms with Gasteiger partial charge < -0.3 is 30.7 Å². The van der Waals surface area contributed by atoms with E-state index in [4.69, 9.17) is 21.4 Å². The van der Waals surface area contributed by atoms with Crippen LogP contribution in [-0.4, -0.2) is 94.9 Å². The molecule has 1 aliphatic rings. The van der Waals surface area contributed by atoms with E-state index in [1.165, 1.54) is 103 Å². The molecule has 9 nitrogen and oxygen atoms in total. The van der Waals surface area contributed by atoms with Gasteiger partial charge in [-0.05, 0) is 96.7 Å². The van der Waals surface area contributed by atoms with Crippen LogP contribution in [0.25, 0.3) is 0 Å². The van der Waals surface area contributed by atoms with Gasteiger partial charge >= 0.3 is 5.97 Å². The largest absolute Gasteiger partial charge is 0.462 e. The lowest BCUT2D eigenvalue weighted by Gasteiger charge is -2.27. The maximum absolute atomic E-state index is 12.8. The fourth-order valence-corrected chi connectivity index (χ4v) is 7.53. The zero-order valence-corrected chi connectivity index (χ0v) is 34.8. The third-order valence-electron chi connectivity index (χ3n) is 11.1. The predicted molar refractivity (Wildman–Crippen MR) is 222 cm³/mol. The predicted octanol–water partition coefficient (Wildman–Crippen LogP) is 8.71. The zero-order valence-electron chi connectivity index (χ0n) is 34.8. The molecule has 53 heavy (non-hydrogen) atoms. The van der Waals surface area contributed by atoms with Gasteiger partial charge in [-0.2, -0.15) is 0 Å². The van der Waals surface area contributed by atoms with Gasteiger partial charge in [0.1, 0.15) is 6.10 Å². The first-order chi connectivity index (χ1) is 25.8. The first-order valence-electron chi connectivity index (χ1n) is 22.6. The number of carbonyl (C=O) groups excluding carboxylic acids is 1. The van der Waals surface area contributed by atoms with Crippen LogP contribution in [0.5, 0.6) is 0 Å². The molecule has 0 spiro atoms. The number of nitrogens with zero attached hydrogens (tertiary/aromatic N) is 2. The van der Waals surface area contributed by atoms with Crippen LogP contribution in [-0.2, 0) is 9.53 Å². The Hall–Kier alpha value is -1.07. The van der Waals surface area contributed by atoms with Gasteiger partial charge in [0.2, 0.25) is 0 Å². The number of carbonyl (C=O) groups is 1. The Bertz CT molecular complexity index is 846. The molecule has 1 aliphatic carbocycles. The van der Waals surface area contributed by atoms with Crippen molar-refractivity contribution in [1.29, 1.82) is 0 Å². The number of unbranched alkanes of at least 4 members (excludes halogenated alkanes) is 18. The molecule has 0 bridgehead atoms. The van der Waals surface area contributed by atoms with Crippen molar-refractivity contribution in [2.75, 3.05) is 39.3 Å². The van der Waals surface area contributed by atoms with Crippen LogP contribution in [0.2, 0.25) is 0 Å². The minimum Gasteiger partial charge on any atom is -0.462 e. The van der Waals surface area contributed by atoms with E-state index >= 15 is 0 Å². The Morgan fingerprint density at radius 1 is 0.736 bits per heavy atom. The summed E-state index contributed by atoms with van der Waals surface area (Å²) in [6.45, 7) is 9.23. The summed E-state index contributed by atoms with van der Waals surface area (Å²) in [5, 5.41) is 30.6. The molecule has 0 amide bonds. The second-order valence-electron chi connectivity index (χ2n) is 16.3. The number of esters is 1. The normalized spacial score (nSPS) is 16.9. The molecule has 0 aromatic heterocycles. The number of rotatable bonds is 38.